The molecule has 168 valence electrons. The quantitative estimate of drug-likeness (QED) is 0.290. The number of hydrogen-bond donors (Lipinski definition) is 1. The van der Waals surface area contributed by atoms with E-state index in [1.807, 2.05) is 6.07 Å². The van der Waals surface area contributed by atoms with Crippen molar-refractivity contribution >= 4 is 33.3 Å². The number of para-hydroxylation sites is 1. The molecule has 6 aromatic rings. The number of benzene rings is 5. The van der Waals surface area contributed by atoms with E-state index >= 15 is 0 Å². The fourth-order valence-corrected chi connectivity index (χ4v) is 5.71. The van der Waals surface area contributed by atoms with Crippen LogP contribution in [0.1, 0.15) is 25.0 Å². The van der Waals surface area contributed by atoms with Gasteiger partial charge in [0, 0.05) is 27.4 Å². The first-order valence-corrected chi connectivity index (χ1v) is 12.1. The molecule has 35 heavy (non-hydrogen) atoms. The van der Waals surface area contributed by atoms with Gasteiger partial charge >= 0.3 is 0 Å². The molecule has 2 nitrogen and oxygen atoms in total. The van der Waals surface area contributed by atoms with Crippen molar-refractivity contribution in [3.63, 3.8) is 0 Å². The van der Waals surface area contributed by atoms with Gasteiger partial charge in [-0.2, -0.15) is 0 Å². The van der Waals surface area contributed by atoms with Crippen molar-refractivity contribution in [3.8, 4) is 22.3 Å². The van der Waals surface area contributed by atoms with E-state index in [1.165, 1.54) is 33.4 Å². The Labute approximate surface area is 204 Å². The largest absolute Gasteiger partial charge is 0.454 e. The van der Waals surface area contributed by atoms with Crippen LogP contribution in [0.2, 0.25) is 0 Å². The number of hydrogen-bond acceptors (Lipinski definition) is 2. The van der Waals surface area contributed by atoms with Gasteiger partial charge in [0.05, 0.1) is 5.69 Å². The molecule has 1 aliphatic rings. The summed E-state index contributed by atoms with van der Waals surface area (Å²) in [4.78, 5) is 0. The van der Waals surface area contributed by atoms with E-state index in [0.29, 0.717) is 0 Å². The van der Waals surface area contributed by atoms with Gasteiger partial charge in [0.15, 0.2) is 5.58 Å². The van der Waals surface area contributed by atoms with Crippen LogP contribution in [0.4, 0.5) is 11.4 Å². The van der Waals surface area contributed by atoms with Crippen molar-refractivity contribution in [3.05, 3.63) is 120 Å². The van der Waals surface area contributed by atoms with Crippen molar-refractivity contribution < 1.29 is 4.42 Å². The molecule has 5 aromatic carbocycles. The minimum Gasteiger partial charge on any atom is -0.454 e. The molecule has 2 heteroatoms. The minimum atomic E-state index is -0.0250. The van der Waals surface area contributed by atoms with Gasteiger partial charge in [-0.25, -0.2) is 0 Å². The van der Waals surface area contributed by atoms with Crippen molar-refractivity contribution in [2.45, 2.75) is 19.3 Å². The summed E-state index contributed by atoms with van der Waals surface area (Å²) < 4.78 is 6.41. The molecule has 1 N–H and O–H groups in total. The average molecular weight is 452 g/mol. The van der Waals surface area contributed by atoms with Gasteiger partial charge in [0.25, 0.3) is 0 Å². The molecule has 0 aliphatic heterocycles. The zero-order valence-electron chi connectivity index (χ0n) is 19.8. The van der Waals surface area contributed by atoms with Gasteiger partial charge in [-0.3, -0.25) is 0 Å². The fraction of sp³-hybridized carbons (Fsp3) is 0.0909. The van der Waals surface area contributed by atoms with Gasteiger partial charge < -0.3 is 9.73 Å². The van der Waals surface area contributed by atoms with Crippen molar-refractivity contribution in [1.29, 1.82) is 0 Å². The second-order valence-electron chi connectivity index (χ2n) is 9.89. The lowest BCUT2D eigenvalue weighted by Gasteiger charge is -2.21. The number of nitrogens with one attached hydrogen (secondary N) is 1. The Morgan fingerprint density at radius 3 is 2.23 bits per heavy atom. The summed E-state index contributed by atoms with van der Waals surface area (Å²) in [5, 5.41) is 5.99. The molecule has 0 saturated heterocycles. The van der Waals surface area contributed by atoms with Crippen molar-refractivity contribution in [1.82, 2.24) is 0 Å². The third-order valence-corrected chi connectivity index (χ3v) is 7.48. The SMILES string of the molecule is CC1(C)c2ccccc2-c2c(Nc3cccc4c3oc3ccc(-c5ccccc5)cc34)cccc21. The smallest absolute Gasteiger partial charge is 0.158 e. The Bertz CT molecular complexity index is 1740. The summed E-state index contributed by atoms with van der Waals surface area (Å²) in [6.07, 6.45) is 0. The zero-order chi connectivity index (χ0) is 23.6. The lowest BCUT2D eigenvalue weighted by Crippen LogP contribution is -2.14. The normalized spacial score (nSPS) is 13.7. The van der Waals surface area contributed by atoms with Crippen LogP contribution in [0.15, 0.2) is 114 Å². The topological polar surface area (TPSA) is 25.2 Å². The highest BCUT2D eigenvalue weighted by Gasteiger charge is 2.36. The Morgan fingerprint density at radius 1 is 0.600 bits per heavy atom. The van der Waals surface area contributed by atoms with Crippen LogP contribution in [0, 0.1) is 0 Å². The fourth-order valence-electron chi connectivity index (χ4n) is 5.71. The number of rotatable bonds is 3. The van der Waals surface area contributed by atoms with E-state index in [1.54, 1.807) is 0 Å². The molecule has 0 radical (unpaired) electrons. The first-order chi connectivity index (χ1) is 17.1. The summed E-state index contributed by atoms with van der Waals surface area (Å²) in [6.45, 7) is 4.62. The van der Waals surface area contributed by atoms with E-state index < -0.39 is 0 Å². The monoisotopic (exact) mass is 451 g/mol. The highest BCUT2D eigenvalue weighted by atomic mass is 16.3. The van der Waals surface area contributed by atoms with Gasteiger partial charge in [-0.15, -0.1) is 0 Å². The van der Waals surface area contributed by atoms with Gasteiger partial charge in [0.1, 0.15) is 5.58 Å². The molecule has 0 spiro atoms. The van der Waals surface area contributed by atoms with Crippen LogP contribution in [-0.4, -0.2) is 0 Å². The van der Waals surface area contributed by atoms with Crippen LogP contribution < -0.4 is 5.32 Å². The number of anilines is 2. The number of furan rings is 1. The second kappa shape index (κ2) is 7.35. The zero-order valence-corrected chi connectivity index (χ0v) is 19.8. The highest BCUT2D eigenvalue weighted by Crippen LogP contribution is 2.52. The second-order valence-corrected chi connectivity index (χ2v) is 9.89. The highest BCUT2D eigenvalue weighted by molar-refractivity contribution is 6.10. The molecule has 0 saturated carbocycles. The van der Waals surface area contributed by atoms with Crippen LogP contribution in [0.3, 0.4) is 0 Å². The Morgan fingerprint density at radius 2 is 1.34 bits per heavy atom. The maximum Gasteiger partial charge on any atom is 0.158 e. The lowest BCUT2D eigenvalue weighted by atomic mass is 9.82. The standard InChI is InChI=1S/C33H25NO/c1-33(2)26-14-7-6-12-24(26)31-27(33)15-9-16-28(31)34-29-17-8-13-23-25-20-22(21-10-4-3-5-11-21)18-19-30(25)35-32(23)29/h3-20,34H,1-2H3. The first kappa shape index (κ1) is 20.1. The summed E-state index contributed by atoms with van der Waals surface area (Å²) in [5.41, 5.74) is 11.6. The molecule has 1 aliphatic carbocycles. The molecule has 0 amide bonds. The Kier molecular flexibility index (Phi) is 4.22. The van der Waals surface area contributed by atoms with Crippen LogP contribution in [-0.2, 0) is 5.41 Å². The molecule has 0 bridgehead atoms. The third kappa shape index (κ3) is 2.96. The van der Waals surface area contributed by atoms with Crippen LogP contribution in [0.25, 0.3) is 44.2 Å². The minimum absolute atomic E-state index is 0.0250. The molecule has 1 heterocycles. The molecule has 0 fully saturated rings. The summed E-state index contributed by atoms with van der Waals surface area (Å²) in [5.74, 6) is 0. The van der Waals surface area contributed by atoms with Crippen molar-refractivity contribution in [2.75, 3.05) is 5.32 Å². The predicted octanol–water partition coefficient (Wildman–Crippen LogP) is 9.30. The van der Waals surface area contributed by atoms with Gasteiger partial charge in [-0.1, -0.05) is 98.8 Å². The lowest BCUT2D eigenvalue weighted by molar-refractivity contribution is 0.660. The summed E-state index contributed by atoms with van der Waals surface area (Å²) >= 11 is 0. The van der Waals surface area contributed by atoms with Crippen LogP contribution >= 0.6 is 0 Å². The molecular weight excluding hydrogens is 426 g/mol. The van der Waals surface area contributed by atoms with E-state index in [0.717, 1.165) is 33.3 Å². The number of fused-ring (bicyclic) bond motifs is 6. The van der Waals surface area contributed by atoms with Gasteiger partial charge in [0.2, 0.25) is 0 Å². The predicted molar refractivity (Wildman–Crippen MR) is 146 cm³/mol. The molecular formula is C33H25NO. The molecule has 0 unspecified atom stereocenters. The summed E-state index contributed by atoms with van der Waals surface area (Å²) in [6, 6.07) is 38.6. The Hall–Kier alpha value is -4.30. The third-order valence-electron chi connectivity index (χ3n) is 7.48. The van der Waals surface area contributed by atoms with E-state index in [2.05, 4.69) is 122 Å². The average Bonchev–Trinajstić information content (AvgIpc) is 3.38. The van der Waals surface area contributed by atoms with E-state index in [9.17, 15) is 0 Å². The maximum atomic E-state index is 6.41. The first-order valence-electron chi connectivity index (χ1n) is 12.1. The van der Waals surface area contributed by atoms with Crippen LogP contribution in [0.5, 0.6) is 0 Å². The molecule has 7 rings (SSSR count). The van der Waals surface area contributed by atoms with Gasteiger partial charge in [-0.05, 0) is 52.1 Å². The van der Waals surface area contributed by atoms with Crippen molar-refractivity contribution in [2.24, 2.45) is 0 Å². The molecule has 0 atom stereocenters. The maximum absolute atomic E-state index is 6.41. The molecule has 1 aromatic heterocycles. The summed E-state index contributed by atoms with van der Waals surface area (Å²) in [7, 11) is 0. The van der Waals surface area contributed by atoms with E-state index in [-0.39, 0.29) is 5.41 Å². The Balaban J connectivity index is 1.38. The van der Waals surface area contributed by atoms with E-state index in [4.69, 9.17) is 4.42 Å².